The van der Waals surface area contributed by atoms with E-state index in [-0.39, 0.29) is 23.0 Å². The summed E-state index contributed by atoms with van der Waals surface area (Å²) in [6.45, 7) is 1.46. The van der Waals surface area contributed by atoms with Crippen LogP contribution in [0.15, 0.2) is 18.2 Å². The zero-order valence-electron chi connectivity index (χ0n) is 10.1. The van der Waals surface area contributed by atoms with Crippen molar-refractivity contribution >= 4 is 21.8 Å². The Balaban J connectivity index is 2.57. The van der Waals surface area contributed by atoms with Crippen LogP contribution in [-0.4, -0.2) is 53.2 Å². The summed E-state index contributed by atoms with van der Waals surface area (Å²) < 4.78 is 5.25. The lowest BCUT2D eigenvalue weighted by Gasteiger charge is -2.17. The quantitative estimate of drug-likeness (QED) is 0.617. The van der Waals surface area contributed by atoms with Crippen LogP contribution in [0.2, 0.25) is 0 Å². The Kier molecular flexibility index (Phi) is 5.94. The molecule has 0 atom stereocenters. The predicted molar refractivity (Wildman–Crippen MR) is 71.3 cm³/mol. The molecule has 1 aromatic carbocycles. The van der Waals surface area contributed by atoms with E-state index in [0.717, 1.165) is 11.4 Å². The molecule has 0 fully saturated rings. The monoisotopic (exact) mass is 317 g/mol. The number of carbonyl (C=O) groups excluding carboxylic acids is 1. The van der Waals surface area contributed by atoms with Gasteiger partial charge in [-0.25, -0.2) is 0 Å². The molecule has 18 heavy (non-hydrogen) atoms. The smallest absolute Gasteiger partial charge is 0.257 e. The largest absolute Gasteiger partial charge is 0.508 e. The number of alkyl halides is 1. The van der Waals surface area contributed by atoms with Crippen LogP contribution in [0.5, 0.6) is 11.5 Å². The number of hydrogen-bond acceptors (Lipinski definition) is 4. The second-order valence-electron chi connectivity index (χ2n) is 3.73. The molecule has 0 aliphatic carbocycles. The molecule has 2 N–H and O–H groups in total. The molecule has 0 unspecified atom stereocenters. The highest BCUT2D eigenvalue weighted by Gasteiger charge is 2.15. The number of aromatic hydroxyl groups is 2. The van der Waals surface area contributed by atoms with Crippen LogP contribution in [0.3, 0.4) is 0 Å². The third kappa shape index (κ3) is 4.19. The minimum absolute atomic E-state index is 0.0765. The summed E-state index contributed by atoms with van der Waals surface area (Å²) in [5.41, 5.74) is 0.163. The molecule has 0 bridgehead atoms. The number of phenolic OH excluding ortho intramolecular Hbond substituents is 2. The second-order valence-corrected chi connectivity index (χ2v) is 4.52. The fourth-order valence-electron chi connectivity index (χ4n) is 1.37. The van der Waals surface area contributed by atoms with Gasteiger partial charge in [-0.2, -0.15) is 0 Å². The number of rotatable bonds is 6. The molecule has 1 rings (SSSR count). The summed E-state index contributed by atoms with van der Waals surface area (Å²) >= 11 is 3.24. The van der Waals surface area contributed by atoms with Crippen LogP contribution in [0.4, 0.5) is 0 Å². The van der Waals surface area contributed by atoms with Crippen molar-refractivity contribution in [2.24, 2.45) is 0 Å². The minimum atomic E-state index is -0.310. The summed E-state index contributed by atoms with van der Waals surface area (Å²) in [7, 11) is 1.63. The van der Waals surface area contributed by atoms with E-state index in [2.05, 4.69) is 15.9 Å². The average Bonchev–Trinajstić information content (AvgIpc) is 2.33. The summed E-state index contributed by atoms with van der Waals surface area (Å²) in [6, 6.07) is 3.90. The number of carbonyl (C=O) groups is 1. The van der Waals surface area contributed by atoms with Gasteiger partial charge >= 0.3 is 0 Å². The molecule has 0 aliphatic heterocycles. The molecular weight excluding hydrogens is 302 g/mol. The van der Waals surface area contributed by atoms with E-state index in [1.54, 1.807) is 7.05 Å². The van der Waals surface area contributed by atoms with E-state index in [1.807, 2.05) is 0 Å². The summed E-state index contributed by atoms with van der Waals surface area (Å²) in [6.07, 6.45) is 0. The number of benzene rings is 1. The normalized spacial score (nSPS) is 10.3. The third-order valence-corrected chi connectivity index (χ3v) is 2.67. The maximum Gasteiger partial charge on any atom is 0.257 e. The molecule has 100 valence electrons. The zero-order chi connectivity index (χ0) is 13.5. The maximum atomic E-state index is 12.0. The van der Waals surface area contributed by atoms with Crippen LogP contribution < -0.4 is 0 Å². The number of phenols is 2. The van der Waals surface area contributed by atoms with Gasteiger partial charge in [0.05, 0.1) is 18.8 Å². The lowest BCUT2D eigenvalue weighted by molar-refractivity contribution is 0.0710. The highest BCUT2D eigenvalue weighted by molar-refractivity contribution is 9.09. The number of amides is 1. The Bertz CT molecular complexity index is 411. The summed E-state index contributed by atoms with van der Waals surface area (Å²) in [5.74, 6) is -0.615. The Labute approximate surface area is 114 Å². The Morgan fingerprint density at radius 1 is 1.39 bits per heavy atom. The van der Waals surface area contributed by atoms with Gasteiger partial charge in [0.15, 0.2) is 0 Å². The van der Waals surface area contributed by atoms with Crippen LogP contribution in [0.1, 0.15) is 10.4 Å². The van der Waals surface area contributed by atoms with Crippen molar-refractivity contribution in [1.29, 1.82) is 0 Å². The molecule has 0 radical (unpaired) electrons. The SMILES string of the molecule is CN(CCOCCBr)C(=O)c1ccc(O)cc1O. The van der Waals surface area contributed by atoms with Gasteiger partial charge in [-0.15, -0.1) is 0 Å². The first-order chi connectivity index (χ1) is 8.56. The van der Waals surface area contributed by atoms with Crippen molar-refractivity contribution in [3.8, 4) is 11.5 Å². The fourth-order valence-corrected chi connectivity index (χ4v) is 1.60. The molecule has 0 saturated heterocycles. The van der Waals surface area contributed by atoms with Gasteiger partial charge in [-0.1, -0.05) is 15.9 Å². The molecule has 0 heterocycles. The maximum absolute atomic E-state index is 12.0. The van der Waals surface area contributed by atoms with Gasteiger partial charge in [-0.05, 0) is 12.1 Å². The van der Waals surface area contributed by atoms with Crippen LogP contribution in [0, 0.1) is 0 Å². The highest BCUT2D eigenvalue weighted by Crippen LogP contribution is 2.23. The van der Waals surface area contributed by atoms with Crippen molar-refractivity contribution in [2.45, 2.75) is 0 Å². The van der Waals surface area contributed by atoms with Crippen molar-refractivity contribution in [3.05, 3.63) is 23.8 Å². The molecule has 6 heteroatoms. The van der Waals surface area contributed by atoms with Gasteiger partial charge in [0.2, 0.25) is 0 Å². The lowest BCUT2D eigenvalue weighted by Crippen LogP contribution is -2.30. The van der Waals surface area contributed by atoms with Crippen molar-refractivity contribution in [3.63, 3.8) is 0 Å². The van der Waals surface area contributed by atoms with E-state index in [0.29, 0.717) is 19.8 Å². The first-order valence-corrected chi connectivity index (χ1v) is 6.59. The average molecular weight is 318 g/mol. The summed E-state index contributed by atoms with van der Waals surface area (Å²) in [5, 5.41) is 19.5. The molecule has 0 spiro atoms. The lowest BCUT2D eigenvalue weighted by atomic mass is 10.1. The van der Waals surface area contributed by atoms with Gasteiger partial charge in [-0.3, -0.25) is 4.79 Å². The molecule has 1 amide bonds. The number of hydrogen-bond donors (Lipinski definition) is 2. The van der Waals surface area contributed by atoms with Crippen molar-refractivity contribution < 1.29 is 19.7 Å². The molecular formula is C12H16BrNO4. The first-order valence-electron chi connectivity index (χ1n) is 5.47. The van der Waals surface area contributed by atoms with Crippen LogP contribution in [-0.2, 0) is 4.74 Å². The van der Waals surface area contributed by atoms with E-state index in [1.165, 1.54) is 17.0 Å². The van der Waals surface area contributed by atoms with Gasteiger partial charge in [0, 0.05) is 25.0 Å². The minimum Gasteiger partial charge on any atom is -0.508 e. The van der Waals surface area contributed by atoms with E-state index >= 15 is 0 Å². The van der Waals surface area contributed by atoms with Crippen LogP contribution >= 0.6 is 15.9 Å². The van der Waals surface area contributed by atoms with E-state index < -0.39 is 0 Å². The number of nitrogens with zero attached hydrogens (tertiary/aromatic N) is 1. The Morgan fingerprint density at radius 3 is 2.72 bits per heavy atom. The second kappa shape index (κ2) is 7.23. The number of halogens is 1. The third-order valence-electron chi connectivity index (χ3n) is 2.35. The standard InChI is InChI=1S/C12H16BrNO4/c1-14(5-7-18-6-4-13)12(17)10-3-2-9(15)8-11(10)16/h2-3,8,15-16H,4-7H2,1H3. The van der Waals surface area contributed by atoms with Crippen LogP contribution in [0.25, 0.3) is 0 Å². The van der Waals surface area contributed by atoms with E-state index in [4.69, 9.17) is 9.84 Å². The number of likely N-dealkylation sites (N-methyl/N-ethyl adjacent to an activating group) is 1. The molecule has 1 aromatic rings. The van der Waals surface area contributed by atoms with Gasteiger partial charge in [0.25, 0.3) is 5.91 Å². The fraction of sp³-hybridized carbons (Fsp3) is 0.417. The highest BCUT2D eigenvalue weighted by atomic mass is 79.9. The molecule has 5 nitrogen and oxygen atoms in total. The zero-order valence-corrected chi connectivity index (χ0v) is 11.7. The molecule has 0 aromatic heterocycles. The topological polar surface area (TPSA) is 70.0 Å². The predicted octanol–water partition coefficient (Wildman–Crippen LogP) is 1.58. The first kappa shape index (κ1) is 14.8. The molecule has 0 saturated carbocycles. The van der Waals surface area contributed by atoms with E-state index in [9.17, 15) is 9.90 Å². The Morgan fingerprint density at radius 2 is 2.11 bits per heavy atom. The van der Waals surface area contributed by atoms with Crippen molar-refractivity contribution in [2.75, 3.05) is 32.1 Å². The Hall–Kier alpha value is -1.27. The van der Waals surface area contributed by atoms with Gasteiger partial charge in [0.1, 0.15) is 11.5 Å². The summed E-state index contributed by atoms with van der Waals surface area (Å²) in [4.78, 5) is 13.4. The number of ether oxygens (including phenoxy) is 1. The molecule has 0 aliphatic rings. The van der Waals surface area contributed by atoms with Crippen molar-refractivity contribution in [1.82, 2.24) is 4.90 Å². The van der Waals surface area contributed by atoms with Gasteiger partial charge < -0.3 is 19.8 Å².